The summed E-state index contributed by atoms with van der Waals surface area (Å²) in [6.07, 6.45) is 1.39. The number of quaternary nitrogens is 1. The summed E-state index contributed by atoms with van der Waals surface area (Å²) in [5.41, 5.74) is 8.70. The highest BCUT2D eigenvalue weighted by Gasteiger charge is 2.25. The quantitative estimate of drug-likeness (QED) is 0.356. The largest absolute Gasteiger partial charge is 0.460 e. The summed E-state index contributed by atoms with van der Waals surface area (Å²) in [7, 11) is 3.83. The third kappa shape index (κ3) is 3.59. The summed E-state index contributed by atoms with van der Waals surface area (Å²) in [6, 6.07) is 3.53. The van der Waals surface area contributed by atoms with Crippen molar-refractivity contribution in [1.29, 1.82) is 0 Å². The van der Waals surface area contributed by atoms with Crippen LogP contribution in [0.3, 0.4) is 0 Å². The highest BCUT2D eigenvalue weighted by Crippen LogP contribution is 2.15. The van der Waals surface area contributed by atoms with E-state index in [9.17, 15) is 4.79 Å². The Morgan fingerprint density at radius 1 is 1.42 bits per heavy atom. The number of hydrazone groups is 1. The molecule has 0 unspecified atom stereocenters. The van der Waals surface area contributed by atoms with E-state index in [1.54, 1.807) is 12.1 Å². The van der Waals surface area contributed by atoms with E-state index in [0.29, 0.717) is 18.0 Å². The second kappa shape index (κ2) is 7.14. The number of carbonyl (C=O) groups excluding carboxylic acids is 1. The van der Waals surface area contributed by atoms with Gasteiger partial charge in [-0.3, -0.25) is 4.79 Å². The fraction of sp³-hybridized carbons (Fsp3) is 0.286. The predicted molar refractivity (Wildman–Crippen MR) is 88.6 cm³/mol. The smallest absolute Gasteiger partial charge is 0.294 e. The van der Waals surface area contributed by atoms with Crippen molar-refractivity contribution in [3.05, 3.63) is 35.0 Å². The van der Waals surface area contributed by atoms with E-state index in [4.69, 9.17) is 10.2 Å². The van der Waals surface area contributed by atoms with Crippen LogP contribution in [-0.4, -0.2) is 51.5 Å². The Hall–Kier alpha value is -3.54. The van der Waals surface area contributed by atoms with Gasteiger partial charge < -0.3 is 15.1 Å². The summed E-state index contributed by atoms with van der Waals surface area (Å²) in [4.78, 5) is 13.5. The Balaban J connectivity index is 1.84. The molecule has 3 heterocycles. The maximum atomic E-state index is 12.4. The number of rotatable bonds is 6. The molecule has 3 aromatic heterocycles. The molecule has 0 saturated heterocycles. The lowest BCUT2D eigenvalue weighted by Gasteiger charge is -2.08. The molecule has 4 N–H and O–H groups in total. The lowest BCUT2D eigenvalue weighted by molar-refractivity contribution is -0.873. The molecule has 0 spiro atoms. The minimum absolute atomic E-state index is 0.0445. The van der Waals surface area contributed by atoms with Crippen molar-refractivity contribution >= 4 is 17.9 Å². The summed E-state index contributed by atoms with van der Waals surface area (Å²) in [5.74, 6) is 0.953. The first kappa shape index (κ1) is 17.3. The van der Waals surface area contributed by atoms with Gasteiger partial charge in [0.05, 0.1) is 20.3 Å². The van der Waals surface area contributed by atoms with E-state index in [0.717, 1.165) is 10.7 Å². The van der Waals surface area contributed by atoms with Crippen LogP contribution in [-0.2, 0) is 6.54 Å². The van der Waals surface area contributed by atoms with Crippen molar-refractivity contribution in [1.82, 2.24) is 30.7 Å². The van der Waals surface area contributed by atoms with Crippen molar-refractivity contribution in [3.63, 3.8) is 0 Å². The zero-order valence-electron chi connectivity index (χ0n) is 14.4. The van der Waals surface area contributed by atoms with Gasteiger partial charge in [-0.05, 0) is 29.4 Å². The number of aryl methyl sites for hydroxylation is 1. The molecule has 0 atom stereocenters. The van der Waals surface area contributed by atoms with Crippen LogP contribution in [0.1, 0.15) is 27.7 Å². The van der Waals surface area contributed by atoms with Crippen LogP contribution in [0, 0.1) is 6.92 Å². The molecule has 0 bridgehead atoms. The van der Waals surface area contributed by atoms with Crippen LogP contribution in [0.5, 0.6) is 0 Å². The number of carbonyl (C=O) groups is 1. The molecule has 0 fully saturated rings. The van der Waals surface area contributed by atoms with Gasteiger partial charge in [-0.25, -0.2) is 10.1 Å². The first-order valence-corrected chi connectivity index (χ1v) is 7.67. The summed E-state index contributed by atoms with van der Waals surface area (Å²) < 4.78 is 11.3. The van der Waals surface area contributed by atoms with Gasteiger partial charge in [-0.2, -0.15) is 9.78 Å². The number of hydrogen-bond donors (Lipinski definition) is 3. The molecule has 26 heavy (non-hydrogen) atoms. The first-order valence-electron chi connectivity index (χ1n) is 7.67. The zero-order chi connectivity index (χ0) is 18.7. The molecule has 0 radical (unpaired) electrons. The fourth-order valence-corrected chi connectivity index (χ4v) is 2.21. The minimum Gasteiger partial charge on any atom is -0.460 e. The standard InChI is InChI=1S/C14H17N9O3/c1-8-4-5-9(25-8)6-16-18-14(24)11-10(7-22(2)3)23(21-17-11)13-12(15)19-26-20-13/h4-6H,7H2,1-3H3,(H2,15,19)(H,18,24)/p+1/b16-6-. The van der Waals surface area contributed by atoms with Crippen molar-refractivity contribution in [2.75, 3.05) is 19.8 Å². The summed E-state index contributed by atoms with van der Waals surface area (Å²) >= 11 is 0. The molecule has 0 saturated carbocycles. The topological polar surface area (TPSA) is 155 Å². The Labute approximate surface area is 147 Å². The van der Waals surface area contributed by atoms with Crippen molar-refractivity contribution < 1.29 is 18.7 Å². The number of nitrogens with one attached hydrogen (secondary N) is 2. The number of furan rings is 1. The maximum absolute atomic E-state index is 12.4. The van der Waals surface area contributed by atoms with Crippen molar-refractivity contribution in [2.24, 2.45) is 5.10 Å². The Morgan fingerprint density at radius 3 is 2.85 bits per heavy atom. The van der Waals surface area contributed by atoms with Gasteiger partial charge in [0, 0.05) is 0 Å². The number of aromatic nitrogens is 5. The fourth-order valence-electron chi connectivity index (χ4n) is 2.21. The Morgan fingerprint density at radius 2 is 2.23 bits per heavy atom. The minimum atomic E-state index is -0.526. The molecule has 12 heteroatoms. The van der Waals surface area contributed by atoms with Gasteiger partial charge in [0.1, 0.15) is 23.8 Å². The highest BCUT2D eigenvalue weighted by molar-refractivity contribution is 5.94. The first-order chi connectivity index (χ1) is 12.5. The van der Waals surface area contributed by atoms with E-state index >= 15 is 0 Å². The molecular formula is C14H18N9O3+. The van der Waals surface area contributed by atoms with Crippen LogP contribution in [0.4, 0.5) is 5.82 Å². The molecule has 12 nitrogen and oxygen atoms in total. The second-order valence-electron chi connectivity index (χ2n) is 5.80. The van der Waals surface area contributed by atoms with Crippen molar-refractivity contribution in [3.8, 4) is 5.82 Å². The molecule has 136 valence electrons. The molecule has 0 aliphatic heterocycles. The van der Waals surface area contributed by atoms with Crippen molar-refractivity contribution in [2.45, 2.75) is 13.5 Å². The lowest BCUT2D eigenvalue weighted by Crippen LogP contribution is -3.04. The van der Waals surface area contributed by atoms with Gasteiger partial charge in [0.15, 0.2) is 5.69 Å². The molecular weight excluding hydrogens is 342 g/mol. The average Bonchev–Trinajstić information content (AvgIpc) is 3.27. The Kier molecular flexibility index (Phi) is 4.75. The second-order valence-corrected chi connectivity index (χ2v) is 5.80. The predicted octanol–water partition coefficient (Wildman–Crippen LogP) is -1.46. The van der Waals surface area contributed by atoms with Gasteiger partial charge in [0.2, 0.25) is 11.6 Å². The van der Waals surface area contributed by atoms with Crippen LogP contribution >= 0.6 is 0 Å². The lowest BCUT2D eigenvalue weighted by atomic mass is 10.3. The monoisotopic (exact) mass is 360 g/mol. The average molecular weight is 360 g/mol. The normalized spacial score (nSPS) is 11.5. The zero-order valence-corrected chi connectivity index (χ0v) is 14.4. The van der Waals surface area contributed by atoms with Gasteiger partial charge >= 0.3 is 0 Å². The van der Waals surface area contributed by atoms with Gasteiger partial charge in [-0.1, -0.05) is 5.21 Å². The maximum Gasteiger partial charge on any atom is 0.294 e. The van der Waals surface area contributed by atoms with E-state index in [1.807, 2.05) is 21.0 Å². The van der Waals surface area contributed by atoms with E-state index in [1.165, 1.54) is 10.9 Å². The summed E-state index contributed by atoms with van der Waals surface area (Å²) in [5, 5.41) is 18.9. The number of nitrogens with two attached hydrogens (primary N) is 1. The Bertz CT molecular complexity index is 937. The summed E-state index contributed by atoms with van der Waals surface area (Å²) in [6.45, 7) is 2.25. The van der Waals surface area contributed by atoms with Crippen LogP contribution < -0.4 is 16.1 Å². The third-order valence-electron chi connectivity index (χ3n) is 3.31. The molecule has 3 aromatic rings. The number of hydrogen-bond acceptors (Lipinski definition) is 9. The SMILES string of the molecule is Cc1ccc(/C=N\NC(=O)c2nnn(-c3nonc3N)c2C[NH+](C)C)o1. The van der Waals surface area contributed by atoms with E-state index < -0.39 is 5.91 Å². The van der Waals surface area contributed by atoms with E-state index in [2.05, 4.69) is 35.8 Å². The molecule has 1 amide bonds. The molecule has 0 aliphatic rings. The number of amides is 1. The van der Waals surface area contributed by atoms with Gasteiger partial charge in [0.25, 0.3) is 5.91 Å². The number of nitrogens with zero attached hydrogens (tertiary/aromatic N) is 6. The highest BCUT2D eigenvalue weighted by atomic mass is 16.6. The van der Waals surface area contributed by atoms with Crippen LogP contribution in [0.2, 0.25) is 0 Å². The molecule has 0 aromatic carbocycles. The third-order valence-corrected chi connectivity index (χ3v) is 3.31. The number of nitrogen functional groups attached to an aromatic ring is 1. The van der Waals surface area contributed by atoms with E-state index in [-0.39, 0.29) is 17.3 Å². The number of anilines is 1. The van der Waals surface area contributed by atoms with Crippen LogP contribution in [0.25, 0.3) is 5.82 Å². The van der Waals surface area contributed by atoms with Crippen LogP contribution in [0.15, 0.2) is 26.3 Å². The van der Waals surface area contributed by atoms with Gasteiger partial charge in [-0.15, -0.1) is 5.10 Å². The molecule has 3 rings (SSSR count). The molecule has 0 aliphatic carbocycles.